The number of ether oxygens (including phenoxy) is 7. The molecule has 88 heavy (non-hydrogen) atoms. The molecule has 0 spiro atoms. The molecule has 1 N–H and O–H groups in total. The molecule has 8 nitrogen and oxygen atoms in total. The van der Waals surface area contributed by atoms with E-state index in [-0.39, 0.29) is 96.1 Å². The Morgan fingerprint density at radius 1 is 0.489 bits per heavy atom. The number of alkyl halides is 10. The second-order valence-electron chi connectivity index (χ2n) is 18.9. The van der Waals surface area contributed by atoms with Crippen molar-refractivity contribution < 1.29 is 157 Å². The molecule has 0 saturated carbocycles. The van der Waals surface area contributed by atoms with E-state index in [1.165, 1.54) is 18.2 Å². The summed E-state index contributed by atoms with van der Waals surface area (Å²) < 4.78 is 307. The predicted molar refractivity (Wildman–Crippen MR) is 271 cm³/mol. The minimum Gasteiger partial charge on any atom is -1.00 e. The number of phenols is 1. The molecule has 6 aromatic carbocycles. The van der Waals surface area contributed by atoms with Crippen LogP contribution in [-0.2, 0) is 31.2 Å². The number of hydrogen-bond acceptors (Lipinski definition) is 8. The van der Waals surface area contributed by atoms with Gasteiger partial charge in [0, 0.05) is 70.0 Å². The Labute approximate surface area is 515 Å². The van der Waals surface area contributed by atoms with Crippen LogP contribution in [0.25, 0.3) is 22.3 Å². The van der Waals surface area contributed by atoms with E-state index in [0.717, 1.165) is 43.9 Å². The Balaban J connectivity index is 0.000000339. The maximum Gasteiger partial charge on any atom is 1.00 e. The van der Waals surface area contributed by atoms with E-state index in [1.807, 2.05) is 13.8 Å². The first-order valence-electron chi connectivity index (χ1n) is 25.4. The van der Waals surface area contributed by atoms with E-state index in [1.54, 1.807) is 0 Å². The Morgan fingerprint density at radius 2 is 0.830 bits per heavy atom. The largest absolute Gasteiger partial charge is 1.00 e. The van der Waals surface area contributed by atoms with Crippen molar-refractivity contribution in [2.45, 2.75) is 76.7 Å². The molecule has 0 atom stereocenters. The summed E-state index contributed by atoms with van der Waals surface area (Å²) in [5.41, 5.74) is -4.19. The average Bonchev–Trinajstić information content (AvgIpc) is 3.20. The van der Waals surface area contributed by atoms with Gasteiger partial charge in [-0.1, -0.05) is 62.6 Å². The Bertz CT molecular complexity index is 3320. The van der Waals surface area contributed by atoms with Gasteiger partial charge >= 0.3 is 54.1 Å². The number of benzene rings is 6. The molecule has 2 heterocycles. The van der Waals surface area contributed by atoms with Gasteiger partial charge < -0.3 is 39.7 Å². The van der Waals surface area contributed by atoms with Crippen LogP contribution < -0.4 is 43.8 Å². The zero-order chi connectivity index (χ0) is 64.3. The van der Waals surface area contributed by atoms with Crippen LogP contribution >= 0.6 is 11.6 Å². The quantitative estimate of drug-likeness (QED) is 0.0583. The zero-order valence-electron chi connectivity index (χ0n) is 46.6. The van der Waals surface area contributed by atoms with Gasteiger partial charge in [0.1, 0.15) is 57.5 Å². The number of aromatic hydroxyl groups is 1. The molecule has 0 aromatic heterocycles. The normalized spacial score (nSPS) is 17.4. The fourth-order valence-corrected chi connectivity index (χ4v) is 8.56. The second kappa shape index (κ2) is 31.0. The van der Waals surface area contributed by atoms with Gasteiger partial charge in [-0.15, -0.1) is 0 Å². The Hall–Kier alpha value is -6.27. The first-order chi connectivity index (χ1) is 40.7. The maximum atomic E-state index is 14.9. The molecule has 6 aromatic rings. The smallest absolute Gasteiger partial charge is 1.00 e. The van der Waals surface area contributed by atoms with Crippen molar-refractivity contribution >= 4 is 11.6 Å². The number of phenolic OH excluding ortho intramolecular Hbond substituents is 1. The summed E-state index contributed by atoms with van der Waals surface area (Å²) in [6.45, 7) is 5.70. The summed E-state index contributed by atoms with van der Waals surface area (Å²) in [4.78, 5) is 0. The third-order valence-corrected chi connectivity index (χ3v) is 12.4. The third kappa shape index (κ3) is 19.6. The summed E-state index contributed by atoms with van der Waals surface area (Å²) >= 11 is 4.59. The first-order valence-corrected chi connectivity index (χ1v) is 25.8. The summed E-state index contributed by atoms with van der Waals surface area (Å²) in [6, 6.07) is 9.74. The molecule has 2 saturated heterocycles. The standard InChI is InChI=1S/C29H22F10O4.C26H21F7O4.C3H2ClF3.Na.H/c1-2-3-15-13-41-27(42-14-15)16-4-5-19(20(30)8-16)17-9-21(31)25(22(32)10-17)29(38,39)43-18-11-23(33)26(24(34)12-18)40-7-6-28(35,36)37;1-2-3-13-11-35-25(36-12-13)14-4-5-17(18(27)6-14)15-7-19(28)23(20(29)8-15)26(32,33)37-16-9-21(30)24(34)22(31)10-16;4-2-1-3(5,6)7;;/h4-12,15,27H,2-3,13-14H2,1H3;4-10,13,25,34H,2-3,11-12H2,1H3;1-2H;;/q;;;+1;-1/b7-6+;;2-1+;;. The summed E-state index contributed by atoms with van der Waals surface area (Å²) in [6.07, 6.45) is -17.3. The van der Waals surface area contributed by atoms with Crippen LogP contribution in [0.4, 0.5) is 87.8 Å². The van der Waals surface area contributed by atoms with Crippen LogP contribution in [0.5, 0.6) is 23.0 Å². The fraction of sp³-hybridized carbons (Fsp3) is 0.310. The van der Waals surface area contributed by atoms with E-state index in [0.29, 0.717) is 67.4 Å². The number of rotatable bonds is 16. The van der Waals surface area contributed by atoms with Gasteiger partial charge in [0.25, 0.3) is 0 Å². The molecule has 2 fully saturated rings. The van der Waals surface area contributed by atoms with Crippen molar-refractivity contribution in [3.05, 3.63) is 189 Å². The molecule has 0 radical (unpaired) electrons. The molecule has 30 heteroatoms. The van der Waals surface area contributed by atoms with Crippen molar-refractivity contribution in [3.63, 3.8) is 0 Å². The molecular weight excluding hydrogens is 1260 g/mol. The third-order valence-electron chi connectivity index (χ3n) is 12.3. The van der Waals surface area contributed by atoms with Crippen molar-refractivity contribution in [1.82, 2.24) is 0 Å². The summed E-state index contributed by atoms with van der Waals surface area (Å²) in [5, 5.41) is 9.06. The zero-order valence-corrected chi connectivity index (χ0v) is 48.4. The predicted octanol–water partition coefficient (Wildman–Crippen LogP) is 15.9. The molecule has 8 rings (SSSR count). The molecule has 0 amide bonds. The molecule has 0 aliphatic carbocycles. The van der Waals surface area contributed by atoms with E-state index >= 15 is 0 Å². The number of allylic oxidation sites excluding steroid dienone is 2. The van der Waals surface area contributed by atoms with Crippen LogP contribution in [0.2, 0.25) is 0 Å². The van der Waals surface area contributed by atoms with Gasteiger partial charge in [-0.2, -0.15) is 43.9 Å². The molecule has 2 aliphatic heterocycles. The van der Waals surface area contributed by atoms with Gasteiger partial charge in [0.15, 0.2) is 47.3 Å². The molecular formula is C58H46ClF20NaO8. The van der Waals surface area contributed by atoms with Crippen LogP contribution in [0.15, 0.2) is 109 Å². The first kappa shape index (κ1) is 72.5. The van der Waals surface area contributed by atoms with Crippen LogP contribution in [0.3, 0.4) is 0 Å². The molecule has 0 unspecified atom stereocenters. The topological polar surface area (TPSA) is 84.8 Å². The summed E-state index contributed by atoms with van der Waals surface area (Å²) in [5.74, 6) is -20.7. The molecule has 2 aliphatic rings. The van der Waals surface area contributed by atoms with E-state index < -0.39 is 141 Å². The summed E-state index contributed by atoms with van der Waals surface area (Å²) in [7, 11) is 0. The maximum absolute atomic E-state index is 14.9. The van der Waals surface area contributed by atoms with E-state index in [9.17, 15) is 87.8 Å². The average molecular weight is 1310 g/mol. The van der Waals surface area contributed by atoms with Crippen molar-refractivity contribution in [2.75, 3.05) is 26.4 Å². The van der Waals surface area contributed by atoms with Crippen LogP contribution in [-0.4, -0.2) is 43.9 Å². The molecule has 474 valence electrons. The van der Waals surface area contributed by atoms with Gasteiger partial charge in [0.2, 0.25) is 0 Å². The van der Waals surface area contributed by atoms with Crippen molar-refractivity contribution in [1.29, 1.82) is 0 Å². The van der Waals surface area contributed by atoms with E-state index in [2.05, 4.69) is 25.8 Å². The van der Waals surface area contributed by atoms with Crippen molar-refractivity contribution in [3.8, 4) is 45.3 Å². The van der Waals surface area contributed by atoms with Gasteiger partial charge in [-0.05, 0) is 60.4 Å². The van der Waals surface area contributed by atoms with Crippen molar-refractivity contribution in [2.24, 2.45) is 11.8 Å². The Morgan fingerprint density at radius 3 is 1.12 bits per heavy atom. The fourth-order valence-electron chi connectivity index (χ4n) is 8.42. The second-order valence-corrected chi connectivity index (χ2v) is 19.2. The van der Waals surface area contributed by atoms with Gasteiger partial charge in [-0.25, -0.2) is 43.9 Å². The number of halogens is 21. The van der Waals surface area contributed by atoms with Gasteiger partial charge in [0.05, 0.1) is 38.8 Å². The number of hydrogen-bond donors (Lipinski definition) is 1. The van der Waals surface area contributed by atoms with Crippen LogP contribution in [0, 0.1) is 70.0 Å². The SMILES string of the molecule is CCCC1COC(c2ccc(-c3cc(F)c(C(F)(F)Oc4cc(F)c(O)c(F)c4)c(F)c3)c(F)c2)OC1.CCCC1COC(c2ccc(-c3cc(F)c(C(F)(F)Oc4cc(F)c(O/C=C/C(F)(F)F)c(F)c4)c(F)c3)c(F)c2)OC1.FC(F)(F)/C=C/Cl.[H-].[Na+]. The molecule has 0 bridgehead atoms. The van der Waals surface area contributed by atoms with Gasteiger partial charge in [-0.3, -0.25) is 0 Å². The Kier molecular flexibility index (Phi) is 25.5. The van der Waals surface area contributed by atoms with Crippen LogP contribution in [0.1, 0.15) is 75.8 Å². The minimum absolute atomic E-state index is 0. The monoisotopic (exact) mass is 1310 g/mol. The van der Waals surface area contributed by atoms with E-state index in [4.69, 9.17) is 24.1 Å². The minimum atomic E-state index is -4.87.